The molecule has 1 atom stereocenters. The van der Waals surface area contributed by atoms with Gasteiger partial charge in [-0.15, -0.1) is 0 Å². The number of nitrogens with one attached hydrogen (secondary N) is 2. The summed E-state index contributed by atoms with van der Waals surface area (Å²) in [6.07, 6.45) is -0.439. The molecule has 152 valence electrons. The summed E-state index contributed by atoms with van der Waals surface area (Å²) in [5.41, 5.74) is -0.0474. The van der Waals surface area contributed by atoms with Crippen molar-refractivity contribution >= 4 is 23.8 Å². The van der Waals surface area contributed by atoms with Gasteiger partial charge < -0.3 is 20.1 Å². The number of imide groups is 1. The van der Waals surface area contributed by atoms with E-state index in [0.29, 0.717) is 13.0 Å². The summed E-state index contributed by atoms with van der Waals surface area (Å²) in [7, 11) is 1.59. The van der Waals surface area contributed by atoms with Gasteiger partial charge in [0.1, 0.15) is 17.8 Å². The Balaban J connectivity index is 1.76. The van der Waals surface area contributed by atoms with Gasteiger partial charge in [-0.25, -0.2) is 4.79 Å². The first-order chi connectivity index (χ1) is 13.1. The Morgan fingerprint density at radius 3 is 2.39 bits per heavy atom. The van der Waals surface area contributed by atoms with E-state index in [9.17, 15) is 19.2 Å². The highest BCUT2D eigenvalue weighted by Crippen LogP contribution is 2.16. The zero-order valence-electron chi connectivity index (χ0n) is 16.4. The number of carbonyl (C=O) groups is 4. The lowest BCUT2D eigenvalue weighted by Crippen LogP contribution is -2.42. The lowest BCUT2D eigenvalue weighted by molar-refractivity contribution is -0.156. The second-order valence-electron chi connectivity index (χ2n) is 6.97. The second kappa shape index (κ2) is 8.73. The number of ether oxygens (including phenoxy) is 2. The highest BCUT2D eigenvalue weighted by molar-refractivity contribution is 6.08. The third-order valence-electron chi connectivity index (χ3n) is 4.28. The molecule has 1 saturated heterocycles. The quantitative estimate of drug-likeness (QED) is 0.496. The van der Waals surface area contributed by atoms with E-state index in [0.717, 1.165) is 16.2 Å². The van der Waals surface area contributed by atoms with Crippen molar-refractivity contribution in [3.63, 3.8) is 0 Å². The van der Waals surface area contributed by atoms with E-state index in [1.807, 2.05) is 24.3 Å². The molecule has 4 amide bonds. The van der Waals surface area contributed by atoms with Crippen LogP contribution in [0.15, 0.2) is 24.3 Å². The number of nitrogens with zero attached hydrogens (tertiary/aromatic N) is 1. The highest BCUT2D eigenvalue weighted by atomic mass is 16.5. The Kier molecular flexibility index (Phi) is 6.61. The van der Waals surface area contributed by atoms with E-state index in [4.69, 9.17) is 9.47 Å². The first-order valence-corrected chi connectivity index (χ1v) is 8.88. The average molecular weight is 391 g/mol. The largest absolute Gasteiger partial charge is 0.497 e. The number of hydrogen-bond acceptors (Lipinski definition) is 6. The van der Waals surface area contributed by atoms with Crippen LogP contribution in [0.2, 0.25) is 0 Å². The first kappa shape index (κ1) is 21.2. The van der Waals surface area contributed by atoms with Gasteiger partial charge in [0.25, 0.3) is 11.8 Å². The topological polar surface area (TPSA) is 114 Å². The SMILES string of the molecule is COc1ccc(CCNC(=O)C(C)OC(=O)CN2C(=O)NC(C)(C)C2=O)cc1. The number of hydrogen-bond donors (Lipinski definition) is 2. The van der Waals surface area contributed by atoms with E-state index >= 15 is 0 Å². The Morgan fingerprint density at radius 2 is 1.86 bits per heavy atom. The molecule has 2 rings (SSSR count). The van der Waals surface area contributed by atoms with E-state index in [2.05, 4.69) is 10.6 Å². The predicted molar refractivity (Wildman–Crippen MR) is 99.6 cm³/mol. The van der Waals surface area contributed by atoms with Crippen LogP contribution in [0.1, 0.15) is 26.3 Å². The maximum Gasteiger partial charge on any atom is 0.327 e. The van der Waals surface area contributed by atoms with E-state index in [-0.39, 0.29) is 0 Å². The van der Waals surface area contributed by atoms with Crippen LogP contribution in [0.4, 0.5) is 4.79 Å². The van der Waals surface area contributed by atoms with Crippen LogP contribution in [-0.2, 0) is 25.5 Å². The Labute approximate surface area is 163 Å². The van der Waals surface area contributed by atoms with Gasteiger partial charge in [0, 0.05) is 6.54 Å². The molecular formula is C19H25N3O6. The summed E-state index contributed by atoms with van der Waals surface area (Å²) >= 11 is 0. The lowest BCUT2D eigenvalue weighted by atomic mass is 10.1. The zero-order valence-corrected chi connectivity index (χ0v) is 16.4. The molecule has 1 aromatic rings. The summed E-state index contributed by atoms with van der Waals surface area (Å²) in [4.78, 5) is 48.7. The van der Waals surface area contributed by atoms with Gasteiger partial charge in [-0.05, 0) is 44.9 Å². The highest BCUT2D eigenvalue weighted by Gasteiger charge is 2.45. The molecule has 0 saturated carbocycles. The van der Waals surface area contributed by atoms with Gasteiger partial charge in [0.05, 0.1) is 7.11 Å². The van der Waals surface area contributed by atoms with Crippen LogP contribution < -0.4 is 15.4 Å². The Hall–Kier alpha value is -3.10. The van der Waals surface area contributed by atoms with Gasteiger partial charge in [0.2, 0.25) is 0 Å². The maximum atomic E-state index is 12.1. The minimum Gasteiger partial charge on any atom is -0.497 e. The monoisotopic (exact) mass is 391 g/mol. The molecule has 1 aromatic carbocycles. The maximum absolute atomic E-state index is 12.1. The molecule has 9 nitrogen and oxygen atoms in total. The molecule has 2 N–H and O–H groups in total. The Bertz CT molecular complexity index is 759. The van der Waals surface area contributed by atoms with Gasteiger partial charge in [-0.1, -0.05) is 12.1 Å². The summed E-state index contributed by atoms with van der Waals surface area (Å²) in [6.45, 7) is 4.33. The normalized spacial score (nSPS) is 16.4. The molecular weight excluding hydrogens is 366 g/mol. The molecule has 0 aliphatic carbocycles. The number of urea groups is 1. The third kappa shape index (κ3) is 5.21. The average Bonchev–Trinajstić information content (AvgIpc) is 2.83. The number of carbonyl (C=O) groups excluding carboxylic acids is 4. The van der Waals surface area contributed by atoms with Crippen LogP contribution in [0.25, 0.3) is 0 Å². The first-order valence-electron chi connectivity index (χ1n) is 8.88. The van der Waals surface area contributed by atoms with Crippen LogP contribution >= 0.6 is 0 Å². The van der Waals surface area contributed by atoms with Crippen molar-refractivity contribution in [3.05, 3.63) is 29.8 Å². The zero-order chi connectivity index (χ0) is 20.9. The summed E-state index contributed by atoms with van der Waals surface area (Å²) < 4.78 is 10.1. The number of methoxy groups -OCH3 is 1. The summed E-state index contributed by atoms with van der Waals surface area (Å²) in [5.74, 6) is -1.06. The summed E-state index contributed by atoms with van der Waals surface area (Å²) in [6, 6.07) is 6.79. The van der Waals surface area contributed by atoms with E-state index in [1.54, 1.807) is 7.11 Å². The van der Waals surface area contributed by atoms with Gasteiger partial charge in [0.15, 0.2) is 6.10 Å². The van der Waals surface area contributed by atoms with Crippen LogP contribution in [-0.4, -0.2) is 60.6 Å². The molecule has 1 heterocycles. The van der Waals surface area contributed by atoms with Crippen molar-refractivity contribution in [1.82, 2.24) is 15.5 Å². The van der Waals surface area contributed by atoms with Crippen LogP contribution in [0.5, 0.6) is 5.75 Å². The van der Waals surface area contributed by atoms with Crippen LogP contribution in [0.3, 0.4) is 0 Å². The molecule has 0 radical (unpaired) electrons. The lowest BCUT2D eigenvalue weighted by Gasteiger charge is -2.17. The van der Waals surface area contributed by atoms with Gasteiger partial charge in [-0.3, -0.25) is 19.3 Å². The third-order valence-corrected chi connectivity index (χ3v) is 4.28. The Morgan fingerprint density at radius 1 is 1.21 bits per heavy atom. The standard InChI is InChI=1S/C19H25N3O6/c1-12(16(24)20-10-9-13-5-7-14(27-4)8-6-13)28-15(23)11-22-17(25)19(2,3)21-18(22)26/h5-8,12H,9-11H2,1-4H3,(H,20,24)(H,21,26). The van der Waals surface area contributed by atoms with Crippen molar-refractivity contribution < 1.29 is 28.7 Å². The molecule has 28 heavy (non-hydrogen) atoms. The van der Waals surface area contributed by atoms with Crippen molar-refractivity contribution in [3.8, 4) is 5.75 Å². The van der Waals surface area contributed by atoms with Gasteiger partial charge >= 0.3 is 12.0 Å². The van der Waals surface area contributed by atoms with Crippen molar-refractivity contribution in [2.75, 3.05) is 20.2 Å². The number of rotatable bonds is 8. The fourth-order valence-corrected chi connectivity index (χ4v) is 2.64. The number of esters is 1. The molecule has 0 aromatic heterocycles. The molecule has 9 heteroatoms. The molecule has 1 aliphatic rings. The van der Waals surface area contributed by atoms with Crippen molar-refractivity contribution in [2.45, 2.75) is 38.8 Å². The predicted octanol–water partition coefficient (Wildman–Crippen LogP) is 0.616. The fraction of sp³-hybridized carbons (Fsp3) is 0.474. The second-order valence-corrected chi connectivity index (χ2v) is 6.97. The van der Waals surface area contributed by atoms with E-state index in [1.165, 1.54) is 20.8 Å². The minimum atomic E-state index is -1.07. The molecule has 0 bridgehead atoms. The van der Waals surface area contributed by atoms with E-state index < -0.39 is 42.0 Å². The number of benzene rings is 1. The number of amides is 4. The molecule has 1 aliphatic heterocycles. The van der Waals surface area contributed by atoms with Crippen molar-refractivity contribution in [1.29, 1.82) is 0 Å². The van der Waals surface area contributed by atoms with Crippen LogP contribution in [0, 0.1) is 0 Å². The van der Waals surface area contributed by atoms with Gasteiger partial charge in [-0.2, -0.15) is 0 Å². The smallest absolute Gasteiger partial charge is 0.327 e. The summed E-state index contributed by atoms with van der Waals surface area (Å²) in [5, 5.41) is 5.15. The fourth-order valence-electron chi connectivity index (χ4n) is 2.64. The molecule has 0 spiro atoms. The minimum absolute atomic E-state index is 0.369. The molecule has 1 unspecified atom stereocenters. The molecule has 1 fully saturated rings. The van der Waals surface area contributed by atoms with Crippen molar-refractivity contribution in [2.24, 2.45) is 0 Å².